The second-order valence-corrected chi connectivity index (χ2v) is 1.51. The summed E-state index contributed by atoms with van der Waals surface area (Å²) in [5.41, 5.74) is 0. The summed E-state index contributed by atoms with van der Waals surface area (Å²) in [4.78, 5) is 0. The molecule has 6 nitrogen and oxygen atoms in total. The zero-order valence-corrected chi connectivity index (χ0v) is 5.47. The summed E-state index contributed by atoms with van der Waals surface area (Å²) in [6, 6.07) is 0. The van der Waals surface area contributed by atoms with Gasteiger partial charge in [0.15, 0.2) is 0 Å². The molecule has 0 heterocycles. The summed E-state index contributed by atoms with van der Waals surface area (Å²) in [5.74, 6) is 0. The molecule has 0 radical (unpaired) electrons. The maximum absolute atomic E-state index is 9.08. The van der Waals surface area contributed by atoms with Crippen LogP contribution in [0.25, 0.3) is 0 Å². The highest BCUT2D eigenvalue weighted by Crippen LogP contribution is 1.74. The van der Waals surface area contributed by atoms with Crippen molar-refractivity contribution in [3.05, 3.63) is 13.2 Å². The van der Waals surface area contributed by atoms with E-state index in [1.165, 1.54) is 0 Å². The van der Waals surface area contributed by atoms with Crippen molar-refractivity contribution >= 4 is 10.4 Å². The van der Waals surface area contributed by atoms with E-state index < -0.39 is 10.4 Å². The molecule has 0 aliphatic rings. The van der Waals surface area contributed by atoms with E-state index in [1.807, 2.05) is 0 Å². The van der Waals surface area contributed by atoms with Gasteiger partial charge in [-0.05, 0) is 0 Å². The number of hydrogen-bond donors (Lipinski definition) is 3. The van der Waals surface area contributed by atoms with Gasteiger partial charge in [0.1, 0.15) is 0 Å². The fraction of sp³-hybridized carbons (Fsp3) is 0. The molecule has 0 saturated carbocycles. The van der Waals surface area contributed by atoms with Crippen LogP contribution in [-0.2, 0) is 14.7 Å². The fourth-order valence-electron chi connectivity index (χ4n) is 0. The molecule has 0 amide bonds. The van der Waals surface area contributed by atoms with E-state index in [-0.39, 0.29) is 6.15 Å². The Balaban J connectivity index is -0.000000109. The second kappa shape index (κ2) is 7.53. The first-order valence-corrected chi connectivity index (χ1v) is 2.73. The predicted octanol–water partition coefficient (Wildman–Crippen LogP) is 0.243. The largest absolute Gasteiger partial charge is 0.423 e. The predicted molar refractivity (Wildman–Crippen MR) is 31.5 cm³/mol. The molecule has 0 aromatic rings. The van der Waals surface area contributed by atoms with Crippen LogP contribution < -0.4 is 6.15 Å². The van der Waals surface area contributed by atoms with E-state index in [4.69, 9.17) is 18.2 Å². The van der Waals surface area contributed by atoms with Crippen LogP contribution >= 0.6 is 0 Å². The van der Waals surface area contributed by atoms with Crippen LogP contribution in [0.3, 0.4) is 0 Å². The number of rotatable bonds is 1. The van der Waals surface area contributed by atoms with Crippen molar-refractivity contribution in [3.63, 3.8) is 0 Å². The van der Waals surface area contributed by atoms with E-state index in [0.29, 0.717) is 0 Å². The number of hydrogen-bond acceptors (Lipinski definition) is 5. The molecule has 7 heteroatoms. The van der Waals surface area contributed by atoms with Gasteiger partial charge in [-0.2, -0.15) is 8.42 Å². The Labute approximate surface area is 53.2 Å². The Morgan fingerprint density at radius 2 is 1.44 bits per heavy atom. The monoisotopic (exact) mass is 159 g/mol. The van der Waals surface area contributed by atoms with Crippen molar-refractivity contribution < 1.29 is 22.6 Å². The molecule has 0 aromatic heterocycles. The van der Waals surface area contributed by atoms with Gasteiger partial charge in [0.2, 0.25) is 0 Å². The third kappa shape index (κ3) is 36.0. The van der Waals surface area contributed by atoms with Crippen LogP contribution in [0.5, 0.6) is 0 Å². The van der Waals surface area contributed by atoms with Crippen molar-refractivity contribution in [1.29, 1.82) is 0 Å². The van der Waals surface area contributed by atoms with E-state index in [9.17, 15) is 0 Å². The minimum atomic E-state index is -4.61. The summed E-state index contributed by atoms with van der Waals surface area (Å²) in [7, 11) is -4.61. The van der Waals surface area contributed by atoms with Crippen LogP contribution in [0.4, 0.5) is 0 Å². The molecule has 0 rings (SSSR count). The van der Waals surface area contributed by atoms with E-state index in [2.05, 4.69) is 17.5 Å². The van der Waals surface area contributed by atoms with Gasteiger partial charge in [-0.15, -0.1) is 13.2 Å². The molecular weight excluding hydrogens is 150 g/mol. The molecule has 5 N–H and O–H groups in total. The molecule has 0 saturated heterocycles. The molecule has 58 valence electrons. The van der Waals surface area contributed by atoms with Crippen molar-refractivity contribution in [2.24, 2.45) is 0 Å². The summed E-state index contributed by atoms with van der Waals surface area (Å²) in [5, 5.41) is 7.06. The van der Waals surface area contributed by atoms with Crippen molar-refractivity contribution in [1.82, 2.24) is 6.15 Å². The first kappa shape index (κ1) is 15.8. The lowest BCUT2D eigenvalue weighted by molar-refractivity contribution is -0.139. The van der Waals surface area contributed by atoms with Crippen LogP contribution in [0.2, 0.25) is 0 Å². The highest BCUT2D eigenvalue weighted by molar-refractivity contribution is 7.80. The third-order valence-corrected chi connectivity index (χ3v) is 0.283. The van der Waals surface area contributed by atoms with Gasteiger partial charge >= 0.3 is 10.4 Å². The van der Waals surface area contributed by atoms with Gasteiger partial charge in [-0.1, -0.05) is 4.33 Å². The molecular formula is C2H9NO5S. The summed E-state index contributed by atoms with van der Waals surface area (Å²) < 4.78 is 28.0. The lowest BCUT2D eigenvalue weighted by atomic mass is 11.3. The minimum absolute atomic E-state index is 0. The summed E-state index contributed by atoms with van der Waals surface area (Å²) >= 11 is 0. The zero-order chi connectivity index (χ0) is 7.21. The lowest BCUT2D eigenvalue weighted by Gasteiger charge is -1.79. The first-order chi connectivity index (χ1) is 3.56. The minimum Gasteiger partial charge on any atom is -0.344 e. The topological polar surface area (TPSA) is 119 Å². The normalized spacial score (nSPS) is 8.22. The molecule has 0 bridgehead atoms. The van der Waals surface area contributed by atoms with Crippen molar-refractivity contribution in [2.45, 2.75) is 0 Å². The molecule has 9 heavy (non-hydrogen) atoms. The molecule has 0 aliphatic heterocycles. The fourth-order valence-corrected chi connectivity index (χ4v) is 0. The SMILES string of the molecule is C=C.N.O=S(=O)(O)OO. The standard InChI is InChI=1S/C2H4.H3N.H2O5S/c1-2;;1-5-6(2,3)4/h1-2H2;1H3;1H,(H,2,3,4). The quantitative estimate of drug-likeness (QED) is 0.218. The molecule has 0 aliphatic carbocycles. The van der Waals surface area contributed by atoms with Crippen LogP contribution in [0.1, 0.15) is 0 Å². The smallest absolute Gasteiger partial charge is 0.344 e. The Morgan fingerprint density at radius 1 is 1.33 bits per heavy atom. The first-order valence-electron chi connectivity index (χ1n) is 1.37. The third-order valence-electron chi connectivity index (χ3n) is 0.0942. The van der Waals surface area contributed by atoms with Gasteiger partial charge in [-0.3, -0.25) is 4.55 Å². The Bertz CT molecular complexity index is 128. The maximum Gasteiger partial charge on any atom is 0.423 e. The highest BCUT2D eigenvalue weighted by atomic mass is 32.3. The second-order valence-electron chi connectivity index (χ2n) is 0.502. The van der Waals surface area contributed by atoms with Gasteiger partial charge in [0.25, 0.3) is 0 Å². The molecule has 0 unspecified atom stereocenters. The summed E-state index contributed by atoms with van der Waals surface area (Å²) in [6.45, 7) is 6.00. The van der Waals surface area contributed by atoms with Crippen molar-refractivity contribution in [3.8, 4) is 0 Å². The van der Waals surface area contributed by atoms with E-state index in [1.54, 1.807) is 0 Å². The average Bonchev–Trinajstić information content (AvgIpc) is 1.71. The highest BCUT2D eigenvalue weighted by Gasteiger charge is 1.97. The zero-order valence-electron chi connectivity index (χ0n) is 4.65. The average molecular weight is 159 g/mol. The molecule has 0 spiro atoms. The molecule has 0 atom stereocenters. The van der Waals surface area contributed by atoms with Crippen molar-refractivity contribution in [2.75, 3.05) is 0 Å². The van der Waals surface area contributed by atoms with Gasteiger partial charge < -0.3 is 6.15 Å². The Morgan fingerprint density at radius 3 is 1.44 bits per heavy atom. The Hall–Kier alpha value is -0.470. The van der Waals surface area contributed by atoms with Gasteiger partial charge in [-0.25, -0.2) is 5.26 Å². The molecule has 0 aromatic carbocycles. The van der Waals surface area contributed by atoms with E-state index in [0.717, 1.165) is 0 Å². The van der Waals surface area contributed by atoms with Gasteiger partial charge in [0, 0.05) is 0 Å². The van der Waals surface area contributed by atoms with Crippen LogP contribution in [0, 0.1) is 0 Å². The maximum atomic E-state index is 9.08. The van der Waals surface area contributed by atoms with Gasteiger partial charge in [0.05, 0.1) is 0 Å². The van der Waals surface area contributed by atoms with Crippen LogP contribution in [0.15, 0.2) is 13.2 Å². The van der Waals surface area contributed by atoms with E-state index >= 15 is 0 Å². The summed E-state index contributed by atoms with van der Waals surface area (Å²) in [6.07, 6.45) is 0. The Kier molecular flexibility index (Phi) is 13.2. The van der Waals surface area contributed by atoms with Crippen LogP contribution in [-0.4, -0.2) is 18.2 Å². The lowest BCUT2D eigenvalue weighted by Crippen LogP contribution is -1.97. The molecule has 0 fully saturated rings.